The van der Waals surface area contributed by atoms with Gasteiger partial charge in [-0.25, -0.2) is 4.98 Å². The zero-order valence-corrected chi connectivity index (χ0v) is 15.9. The number of imidazole rings is 1. The second-order valence-electron chi connectivity index (χ2n) is 7.20. The predicted octanol–water partition coefficient (Wildman–Crippen LogP) is 2.86. The maximum absolute atomic E-state index is 12.7. The molecule has 27 heavy (non-hydrogen) atoms. The van der Waals surface area contributed by atoms with Crippen molar-refractivity contribution in [2.24, 2.45) is 7.05 Å². The highest BCUT2D eigenvalue weighted by Crippen LogP contribution is 2.32. The van der Waals surface area contributed by atoms with Gasteiger partial charge in [0.15, 0.2) is 0 Å². The summed E-state index contributed by atoms with van der Waals surface area (Å²) in [7, 11) is 3.47. The van der Waals surface area contributed by atoms with Crippen LogP contribution < -0.4 is 15.2 Å². The Morgan fingerprint density at radius 1 is 1.15 bits per heavy atom. The summed E-state index contributed by atoms with van der Waals surface area (Å²) in [5.74, 6) is 2.19. The molecule has 140 valence electrons. The van der Waals surface area contributed by atoms with E-state index in [2.05, 4.69) is 4.98 Å². The SMILES string of the molecule is CC(C)c1ncc2c(=O)n(C)c(Oc3ccc4c(c3)CCC(=O)N4C)cn12. The first-order chi connectivity index (χ1) is 12.9. The van der Waals surface area contributed by atoms with Crippen LogP contribution in [0, 0.1) is 0 Å². The van der Waals surface area contributed by atoms with Gasteiger partial charge in [-0.3, -0.25) is 18.6 Å². The van der Waals surface area contributed by atoms with Crippen LogP contribution in [0.5, 0.6) is 11.6 Å². The smallest absolute Gasteiger partial charge is 0.279 e. The van der Waals surface area contributed by atoms with Crippen molar-refractivity contribution in [3.63, 3.8) is 0 Å². The van der Waals surface area contributed by atoms with Gasteiger partial charge in [0.1, 0.15) is 17.1 Å². The van der Waals surface area contributed by atoms with Gasteiger partial charge in [0.25, 0.3) is 5.56 Å². The molecule has 0 spiro atoms. The van der Waals surface area contributed by atoms with E-state index in [1.54, 1.807) is 35.8 Å². The van der Waals surface area contributed by atoms with Crippen molar-refractivity contribution in [3.8, 4) is 11.6 Å². The minimum absolute atomic E-state index is 0.116. The third-order valence-electron chi connectivity index (χ3n) is 5.05. The quantitative estimate of drug-likeness (QED) is 0.715. The molecule has 3 heterocycles. The summed E-state index contributed by atoms with van der Waals surface area (Å²) in [6, 6.07) is 5.64. The Labute approximate surface area is 156 Å². The summed E-state index contributed by atoms with van der Waals surface area (Å²) < 4.78 is 9.32. The number of carbonyl (C=O) groups is 1. The first-order valence-electron chi connectivity index (χ1n) is 9.01. The fourth-order valence-electron chi connectivity index (χ4n) is 3.48. The van der Waals surface area contributed by atoms with Crippen molar-refractivity contribution in [2.75, 3.05) is 11.9 Å². The largest absolute Gasteiger partial charge is 0.439 e. The van der Waals surface area contributed by atoms with Crippen LogP contribution in [-0.4, -0.2) is 26.9 Å². The molecule has 0 N–H and O–H groups in total. The Morgan fingerprint density at radius 2 is 1.93 bits per heavy atom. The fraction of sp³-hybridized carbons (Fsp3) is 0.350. The number of aromatic nitrogens is 3. The van der Waals surface area contributed by atoms with Crippen molar-refractivity contribution in [1.82, 2.24) is 14.0 Å². The minimum atomic E-state index is -0.157. The normalized spacial score (nSPS) is 14.1. The second-order valence-corrected chi connectivity index (χ2v) is 7.20. The molecule has 2 aromatic heterocycles. The summed E-state index contributed by atoms with van der Waals surface area (Å²) in [5, 5.41) is 0. The van der Waals surface area contributed by atoms with Crippen molar-refractivity contribution < 1.29 is 9.53 Å². The summed E-state index contributed by atoms with van der Waals surface area (Å²) >= 11 is 0. The third kappa shape index (κ3) is 2.79. The lowest BCUT2D eigenvalue weighted by Gasteiger charge is -2.26. The van der Waals surface area contributed by atoms with Gasteiger partial charge in [-0.15, -0.1) is 0 Å². The standard InChI is InChI=1S/C20H22N4O3/c1-12(2)19-21-10-16-20(26)23(4)18(11-24(16)19)27-14-6-7-15-13(9-14)5-8-17(25)22(15)3/h6-7,9-12H,5,8H2,1-4H3. The molecule has 0 radical (unpaired) electrons. The van der Waals surface area contributed by atoms with E-state index < -0.39 is 0 Å². The summed E-state index contributed by atoms with van der Waals surface area (Å²) in [4.78, 5) is 30.6. The molecule has 1 aliphatic heterocycles. The number of rotatable bonds is 3. The van der Waals surface area contributed by atoms with Crippen LogP contribution in [0.3, 0.4) is 0 Å². The molecule has 0 bridgehead atoms. The van der Waals surface area contributed by atoms with Crippen LogP contribution >= 0.6 is 0 Å². The van der Waals surface area contributed by atoms with Gasteiger partial charge in [0, 0.05) is 32.1 Å². The number of ether oxygens (including phenoxy) is 1. The van der Waals surface area contributed by atoms with Crippen LogP contribution in [0.25, 0.3) is 5.52 Å². The summed E-state index contributed by atoms with van der Waals surface area (Å²) in [5.41, 5.74) is 2.33. The number of hydrogen-bond donors (Lipinski definition) is 0. The lowest BCUT2D eigenvalue weighted by molar-refractivity contribution is -0.118. The predicted molar refractivity (Wildman–Crippen MR) is 103 cm³/mol. The van der Waals surface area contributed by atoms with Crippen LogP contribution in [0.1, 0.15) is 37.6 Å². The van der Waals surface area contributed by atoms with Crippen LogP contribution in [-0.2, 0) is 18.3 Å². The number of anilines is 1. The molecule has 0 unspecified atom stereocenters. The molecule has 0 saturated heterocycles. The Bertz CT molecular complexity index is 1110. The molecule has 4 rings (SSSR count). The molecule has 1 amide bonds. The Balaban J connectivity index is 1.76. The van der Waals surface area contributed by atoms with Gasteiger partial charge >= 0.3 is 0 Å². The molecule has 7 heteroatoms. The molecule has 3 aromatic rings. The number of amides is 1. The molecule has 1 aliphatic rings. The van der Waals surface area contributed by atoms with Gasteiger partial charge in [0.2, 0.25) is 11.8 Å². The van der Waals surface area contributed by atoms with E-state index in [1.165, 1.54) is 4.57 Å². The number of benzene rings is 1. The highest BCUT2D eigenvalue weighted by molar-refractivity contribution is 5.95. The van der Waals surface area contributed by atoms with Crippen LogP contribution in [0.2, 0.25) is 0 Å². The number of carbonyl (C=O) groups excluding carboxylic acids is 1. The third-order valence-corrected chi connectivity index (χ3v) is 5.05. The van der Waals surface area contributed by atoms with Gasteiger partial charge in [-0.2, -0.15) is 0 Å². The van der Waals surface area contributed by atoms with E-state index in [1.807, 2.05) is 32.0 Å². The van der Waals surface area contributed by atoms with Gasteiger partial charge in [-0.05, 0) is 30.2 Å². The molecule has 0 saturated carbocycles. The van der Waals surface area contributed by atoms with Crippen molar-refractivity contribution in [1.29, 1.82) is 0 Å². The lowest BCUT2D eigenvalue weighted by atomic mass is 10.0. The minimum Gasteiger partial charge on any atom is -0.439 e. The van der Waals surface area contributed by atoms with Gasteiger partial charge < -0.3 is 9.64 Å². The van der Waals surface area contributed by atoms with Crippen LogP contribution in [0.15, 0.2) is 35.4 Å². The maximum Gasteiger partial charge on any atom is 0.279 e. The number of nitrogens with zero attached hydrogens (tertiary/aromatic N) is 4. The molecular formula is C20H22N4O3. The zero-order chi connectivity index (χ0) is 19.3. The molecule has 7 nitrogen and oxygen atoms in total. The first kappa shape index (κ1) is 17.3. The van der Waals surface area contributed by atoms with E-state index in [0.29, 0.717) is 30.0 Å². The Kier molecular flexibility index (Phi) is 4.02. The monoisotopic (exact) mass is 366 g/mol. The number of hydrogen-bond acceptors (Lipinski definition) is 4. The summed E-state index contributed by atoms with van der Waals surface area (Å²) in [6.45, 7) is 4.07. The maximum atomic E-state index is 12.7. The second kappa shape index (κ2) is 6.26. The number of aryl methyl sites for hydroxylation is 1. The molecule has 0 aliphatic carbocycles. The molecule has 1 aromatic carbocycles. The Morgan fingerprint density at radius 3 is 2.67 bits per heavy atom. The van der Waals surface area contributed by atoms with Crippen LogP contribution in [0.4, 0.5) is 5.69 Å². The van der Waals surface area contributed by atoms with Crippen molar-refractivity contribution in [2.45, 2.75) is 32.6 Å². The molecule has 0 atom stereocenters. The van der Waals surface area contributed by atoms with E-state index in [-0.39, 0.29) is 17.4 Å². The average molecular weight is 366 g/mol. The van der Waals surface area contributed by atoms with Gasteiger partial charge in [0.05, 0.1) is 12.4 Å². The Hall–Kier alpha value is -3.09. The highest BCUT2D eigenvalue weighted by atomic mass is 16.5. The zero-order valence-electron chi connectivity index (χ0n) is 15.9. The van der Waals surface area contributed by atoms with Crippen molar-refractivity contribution >= 4 is 17.1 Å². The fourth-order valence-corrected chi connectivity index (χ4v) is 3.48. The van der Waals surface area contributed by atoms with E-state index in [9.17, 15) is 9.59 Å². The average Bonchev–Trinajstić information content (AvgIpc) is 3.07. The molecule has 0 fully saturated rings. The van der Waals surface area contributed by atoms with Crippen molar-refractivity contribution in [3.05, 3.63) is 52.3 Å². The van der Waals surface area contributed by atoms with E-state index >= 15 is 0 Å². The van der Waals surface area contributed by atoms with E-state index in [0.717, 1.165) is 17.1 Å². The van der Waals surface area contributed by atoms with E-state index in [4.69, 9.17) is 4.74 Å². The number of fused-ring (bicyclic) bond motifs is 2. The first-order valence-corrected chi connectivity index (χ1v) is 9.01. The topological polar surface area (TPSA) is 68.8 Å². The van der Waals surface area contributed by atoms with Gasteiger partial charge in [-0.1, -0.05) is 13.8 Å². The lowest BCUT2D eigenvalue weighted by Crippen LogP contribution is -2.30. The highest BCUT2D eigenvalue weighted by Gasteiger charge is 2.21. The summed E-state index contributed by atoms with van der Waals surface area (Å²) in [6.07, 6.45) is 4.58. The molecular weight excluding hydrogens is 344 g/mol.